The molecular weight excluding hydrogens is 491 g/mol. The highest BCUT2D eigenvalue weighted by molar-refractivity contribution is 6.97. The fourth-order valence-corrected chi connectivity index (χ4v) is 8.57. The average molecular weight is 536 g/mol. The van der Waals surface area contributed by atoms with Gasteiger partial charge in [0, 0.05) is 10.8 Å². The summed E-state index contributed by atoms with van der Waals surface area (Å²) in [7, 11) is 0. The first kappa shape index (κ1) is 26.8. The van der Waals surface area contributed by atoms with E-state index in [2.05, 4.69) is 136 Å². The van der Waals surface area contributed by atoms with Gasteiger partial charge in [-0.1, -0.05) is 152 Å². The SMILES string of the molecule is CC(C)c1cc(C(C)C)c(B2c3cccc4c3[C]3c5c2cccc5C(C)(C)c2cccc(c23)C4(C)C)c(C(C)C)c1. The molecule has 1 aliphatic heterocycles. The van der Waals surface area contributed by atoms with Gasteiger partial charge in [-0.15, -0.1) is 0 Å². The molecular formula is C40H44B. The van der Waals surface area contributed by atoms with Crippen molar-refractivity contribution in [2.45, 2.75) is 97.8 Å². The van der Waals surface area contributed by atoms with E-state index in [1.807, 2.05) is 0 Å². The normalized spacial score (nSPS) is 17.4. The molecule has 3 aliphatic rings. The summed E-state index contributed by atoms with van der Waals surface area (Å²) in [6.07, 6.45) is 0. The molecule has 0 unspecified atom stereocenters. The Balaban J connectivity index is 1.66. The highest BCUT2D eigenvalue weighted by Gasteiger charge is 2.52. The fraction of sp³-hybridized carbons (Fsp3) is 0.375. The first-order chi connectivity index (χ1) is 19.4. The van der Waals surface area contributed by atoms with Crippen molar-refractivity contribution < 1.29 is 0 Å². The number of hydrogen-bond acceptors (Lipinski definition) is 0. The van der Waals surface area contributed by atoms with Crippen LogP contribution in [0, 0.1) is 5.92 Å². The molecule has 0 nitrogen and oxygen atoms in total. The van der Waals surface area contributed by atoms with Crippen LogP contribution in [0.2, 0.25) is 0 Å². The summed E-state index contributed by atoms with van der Waals surface area (Å²) >= 11 is 0. The number of hydrogen-bond donors (Lipinski definition) is 0. The lowest BCUT2D eigenvalue weighted by Gasteiger charge is -2.51. The Kier molecular flexibility index (Phi) is 5.71. The van der Waals surface area contributed by atoms with Crippen LogP contribution in [0.15, 0.2) is 66.7 Å². The van der Waals surface area contributed by atoms with Crippen molar-refractivity contribution in [1.29, 1.82) is 0 Å². The third kappa shape index (κ3) is 3.41. The Hall–Kier alpha value is -3.06. The van der Waals surface area contributed by atoms with Crippen LogP contribution in [0.1, 0.15) is 143 Å². The maximum Gasteiger partial charge on any atom is 0.242 e. The second-order valence-electron chi connectivity index (χ2n) is 14.9. The van der Waals surface area contributed by atoms with Gasteiger partial charge in [-0.25, -0.2) is 0 Å². The van der Waals surface area contributed by atoms with Gasteiger partial charge in [0.2, 0.25) is 6.71 Å². The second-order valence-corrected chi connectivity index (χ2v) is 14.9. The minimum absolute atomic E-state index is 0.0616. The van der Waals surface area contributed by atoms with E-state index in [4.69, 9.17) is 0 Å². The van der Waals surface area contributed by atoms with Crippen LogP contribution in [-0.2, 0) is 10.8 Å². The third-order valence-corrected chi connectivity index (χ3v) is 10.8. The molecule has 1 heteroatoms. The van der Waals surface area contributed by atoms with Crippen molar-refractivity contribution >= 4 is 23.1 Å². The van der Waals surface area contributed by atoms with Crippen molar-refractivity contribution in [3.63, 3.8) is 0 Å². The molecule has 4 aromatic carbocycles. The van der Waals surface area contributed by atoms with Gasteiger partial charge in [-0.3, -0.25) is 0 Å². The van der Waals surface area contributed by atoms with Crippen LogP contribution < -0.4 is 16.4 Å². The molecule has 0 N–H and O–H groups in total. The van der Waals surface area contributed by atoms with Gasteiger partial charge in [0.25, 0.3) is 0 Å². The molecule has 2 aliphatic carbocycles. The Labute approximate surface area is 248 Å². The average Bonchev–Trinajstić information content (AvgIpc) is 2.93. The van der Waals surface area contributed by atoms with Crippen molar-refractivity contribution in [3.05, 3.63) is 128 Å². The van der Waals surface area contributed by atoms with E-state index in [1.165, 1.54) is 72.5 Å². The summed E-state index contributed by atoms with van der Waals surface area (Å²) in [5.41, 5.74) is 19.4. The van der Waals surface area contributed by atoms with Crippen molar-refractivity contribution in [3.8, 4) is 0 Å². The summed E-state index contributed by atoms with van der Waals surface area (Å²) in [6, 6.07) is 26.6. The molecule has 0 bridgehead atoms. The highest BCUT2D eigenvalue weighted by atomic mass is 14.5. The molecule has 0 atom stereocenters. The molecule has 4 aromatic rings. The lowest BCUT2D eigenvalue weighted by Crippen LogP contribution is -2.62. The lowest BCUT2D eigenvalue weighted by atomic mass is 9.29. The van der Waals surface area contributed by atoms with Crippen LogP contribution in [-0.4, -0.2) is 6.71 Å². The molecule has 0 fully saturated rings. The summed E-state index contributed by atoms with van der Waals surface area (Å²) in [4.78, 5) is 0. The Morgan fingerprint density at radius 1 is 0.512 bits per heavy atom. The fourth-order valence-electron chi connectivity index (χ4n) is 8.57. The number of rotatable bonds is 4. The highest BCUT2D eigenvalue weighted by Crippen LogP contribution is 2.56. The quantitative estimate of drug-likeness (QED) is 0.204. The van der Waals surface area contributed by atoms with Crippen LogP contribution in [0.5, 0.6) is 0 Å². The summed E-state index contributed by atoms with van der Waals surface area (Å²) in [6.45, 7) is 24.3. The van der Waals surface area contributed by atoms with E-state index in [0.717, 1.165) is 0 Å². The van der Waals surface area contributed by atoms with E-state index in [9.17, 15) is 0 Å². The van der Waals surface area contributed by atoms with Crippen LogP contribution in [0.25, 0.3) is 0 Å². The van der Waals surface area contributed by atoms with Gasteiger partial charge < -0.3 is 0 Å². The maximum atomic E-state index is 2.54. The predicted octanol–water partition coefficient (Wildman–Crippen LogP) is 8.18. The third-order valence-electron chi connectivity index (χ3n) is 10.8. The first-order valence-electron chi connectivity index (χ1n) is 15.8. The number of benzene rings is 4. The molecule has 1 radical (unpaired) electrons. The molecule has 0 saturated carbocycles. The second kappa shape index (κ2) is 8.73. The molecule has 0 amide bonds. The van der Waals surface area contributed by atoms with Crippen LogP contribution >= 0.6 is 0 Å². The van der Waals surface area contributed by atoms with E-state index >= 15 is 0 Å². The lowest BCUT2D eigenvalue weighted by molar-refractivity contribution is 0.578. The van der Waals surface area contributed by atoms with Gasteiger partial charge in [-0.2, -0.15) is 0 Å². The standard InChI is InChI=1S/C40H44B/c1-22(2)25-20-26(23(3)4)38(27(21-25)24(5)6)41-32-18-12-16-30-35(32)37-34-28(39(30,7)8)14-11-15-29(34)40(9,10)31-17-13-19-33(41)36(31)37/h11-24H,1-10H3. The van der Waals surface area contributed by atoms with E-state index < -0.39 is 0 Å². The van der Waals surface area contributed by atoms with Gasteiger partial charge in [0.05, 0.1) is 5.92 Å². The molecule has 0 spiro atoms. The molecule has 0 aromatic heterocycles. The van der Waals surface area contributed by atoms with Crippen molar-refractivity contribution in [2.24, 2.45) is 0 Å². The summed E-state index contributed by atoms with van der Waals surface area (Å²) in [5.74, 6) is 2.91. The van der Waals surface area contributed by atoms with E-state index in [1.54, 1.807) is 5.46 Å². The Morgan fingerprint density at radius 3 is 1.29 bits per heavy atom. The van der Waals surface area contributed by atoms with Gasteiger partial charge in [0.1, 0.15) is 0 Å². The van der Waals surface area contributed by atoms with Crippen LogP contribution in [0.4, 0.5) is 0 Å². The monoisotopic (exact) mass is 535 g/mol. The summed E-state index contributed by atoms with van der Waals surface area (Å²) in [5, 5.41) is 0. The van der Waals surface area contributed by atoms with Crippen molar-refractivity contribution in [2.75, 3.05) is 0 Å². The minimum Gasteiger partial charge on any atom is -0.0666 e. The topological polar surface area (TPSA) is 0 Å². The predicted molar refractivity (Wildman–Crippen MR) is 177 cm³/mol. The van der Waals surface area contributed by atoms with Crippen LogP contribution in [0.3, 0.4) is 0 Å². The summed E-state index contributed by atoms with van der Waals surface area (Å²) < 4.78 is 0. The maximum absolute atomic E-state index is 2.54. The largest absolute Gasteiger partial charge is 0.242 e. The Morgan fingerprint density at radius 2 is 0.902 bits per heavy atom. The van der Waals surface area contributed by atoms with Gasteiger partial charge in [0.15, 0.2) is 0 Å². The zero-order chi connectivity index (χ0) is 29.2. The van der Waals surface area contributed by atoms with Crippen molar-refractivity contribution in [1.82, 2.24) is 0 Å². The molecule has 207 valence electrons. The molecule has 41 heavy (non-hydrogen) atoms. The molecule has 0 saturated heterocycles. The van der Waals surface area contributed by atoms with Gasteiger partial charge in [-0.05, 0) is 73.4 Å². The molecule has 1 heterocycles. The minimum atomic E-state index is -0.0616. The molecule has 7 rings (SSSR count). The van der Waals surface area contributed by atoms with Gasteiger partial charge >= 0.3 is 0 Å². The smallest absolute Gasteiger partial charge is 0.0666 e. The van der Waals surface area contributed by atoms with E-state index in [0.29, 0.717) is 17.8 Å². The zero-order valence-corrected chi connectivity index (χ0v) is 26.7. The Bertz CT molecular complexity index is 1610. The zero-order valence-electron chi connectivity index (χ0n) is 26.7. The van der Waals surface area contributed by atoms with E-state index in [-0.39, 0.29) is 17.5 Å². The first-order valence-corrected chi connectivity index (χ1v) is 15.8.